The lowest BCUT2D eigenvalue weighted by atomic mass is 10.1. The summed E-state index contributed by atoms with van der Waals surface area (Å²) in [6.45, 7) is 5.25. The van der Waals surface area contributed by atoms with E-state index in [0.29, 0.717) is 11.4 Å². The van der Waals surface area contributed by atoms with Gasteiger partial charge < -0.3 is 5.32 Å². The second kappa shape index (κ2) is 8.45. The van der Waals surface area contributed by atoms with Crippen LogP contribution in [-0.4, -0.2) is 25.9 Å². The second-order valence-electron chi connectivity index (χ2n) is 6.90. The number of hydrogen-bond acceptors (Lipinski definition) is 4. The standard InChI is InChI=1S/C22H23N3O3S/c1-16-7-10-20(11-8-16)29(27,28)25(21-13-17(2)6-9-18(21)3)15-22(26)24-19-5-4-12-23-14-19/h4-14H,15H2,1-3H3,(H,24,26). The monoisotopic (exact) mass is 409 g/mol. The number of anilines is 2. The number of pyridine rings is 1. The van der Waals surface area contributed by atoms with Crippen LogP contribution >= 0.6 is 0 Å². The molecule has 3 rings (SSSR count). The molecule has 7 heteroatoms. The highest BCUT2D eigenvalue weighted by atomic mass is 32.2. The van der Waals surface area contributed by atoms with Gasteiger partial charge in [-0.05, 0) is 62.2 Å². The summed E-state index contributed by atoms with van der Waals surface area (Å²) < 4.78 is 28.0. The summed E-state index contributed by atoms with van der Waals surface area (Å²) in [7, 11) is -3.94. The lowest BCUT2D eigenvalue weighted by Gasteiger charge is -2.26. The van der Waals surface area contributed by atoms with Gasteiger partial charge in [0.15, 0.2) is 0 Å². The Bertz CT molecular complexity index is 1110. The number of carbonyl (C=O) groups excluding carboxylic acids is 1. The molecule has 1 amide bonds. The van der Waals surface area contributed by atoms with Crippen molar-refractivity contribution in [3.63, 3.8) is 0 Å². The smallest absolute Gasteiger partial charge is 0.264 e. The molecule has 0 atom stereocenters. The molecule has 150 valence electrons. The number of nitrogens with zero attached hydrogens (tertiary/aromatic N) is 2. The summed E-state index contributed by atoms with van der Waals surface area (Å²) in [4.78, 5) is 16.8. The van der Waals surface area contributed by atoms with Crippen molar-refractivity contribution in [2.24, 2.45) is 0 Å². The Balaban J connectivity index is 2.01. The van der Waals surface area contributed by atoms with Gasteiger partial charge in [0.2, 0.25) is 5.91 Å². The molecule has 0 unspecified atom stereocenters. The topological polar surface area (TPSA) is 79.4 Å². The van der Waals surface area contributed by atoms with Crippen LogP contribution in [0.1, 0.15) is 16.7 Å². The average Bonchev–Trinajstić information content (AvgIpc) is 2.69. The largest absolute Gasteiger partial charge is 0.323 e. The summed E-state index contributed by atoms with van der Waals surface area (Å²) in [5.41, 5.74) is 3.61. The van der Waals surface area contributed by atoms with Crippen molar-refractivity contribution in [1.29, 1.82) is 0 Å². The third-order valence-electron chi connectivity index (χ3n) is 4.47. The predicted octanol–water partition coefficient (Wildman–Crippen LogP) is 3.84. The highest BCUT2D eigenvalue weighted by Crippen LogP contribution is 2.28. The molecule has 0 spiro atoms. The van der Waals surface area contributed by atoms with E-state index in [0.717, 1.165) is 21.0 Å². The van der Waals surface area contributed by atoms with Crippen molar-refractivity contribution >= 4 is 27.3 Å². The van der Waals surface area contributed by atoms with Crippen LogP contribution in [0.3, 0.4) is 0 Å². The molecule has 0 aliphatic rings. The molecule has 0 fully saturated rings. The van der Waals surface area contributed by atoms with Crippen molar-refractivity contribution in [3.05, 3.63) is 83.7 Å². The second-order valence-corrected chi connectivity index (χ2v) is 8.77. The van der Waals surface area contributed by atoms with E-state index < -0.39 is 15.9 Å². The van der Waals surface area contributed by atoms with Gasteiger partial charge in [-0.2, -0.15) is 0 Å². The van der Waals surface area contributed by atoms with E-state index in [1.807, 2.05) is 32.9 Å². The third-order valence-corrected chi connectivity index (χ3v) is 6.25. The Morgan fingerprint density at radius 1 is 1.00 bits per heavy atom. The van der Waals surface area contributed by atoms with E-state index in [9.17, 15) is 13.2 Å². The van der Waals surface area contributed by atoms with Crippen molar-refractivity contribution in [3.8, 4) is 0 Å². The van der Waals surface area contributed by atoms with Crippen LogP contribution in [0.4, 0.5) is 11.4 Å². The van der Waals surface area contributed by atoms with E-state index in [4.69, 9.17) is 0 Å². The van der Waals surface area contributed by atoms with E-state index in [-0.39, 0.29) is 11.4 Å². The minimum atomic E-state index is -3.94. The number of aryl methyl sites for hydroxylation is 3. The Kier molecular flexibility index (Phi) is 5.98. The maximum atomic E-state index is 13.4. The highest BCUT2D eigenvalue weighted by Gasteiger charge is 2.28. The minimum absolute atomic E-state index is 0.137. The summed E-state index contributed by atoms with van der Waals surface area (Å²) in [6.07, 6.45) is 3.11. The van der Waals surface area contributed by atoms with E-state index in [1.54, 1.807) is 48.7 Å². The van der Waals surface area contributed by atoms with Crippen LogP contribution in [0.2, 0.25) is 0 Å². The number of rotatable bonds is 6. The summed E-state index contributed by atoms with van der Waals surface area (Å²) >= 11 is 0. The number of sulfonamides is 1. The number of aromatic nitrogens is 1. The summed E-state index contributed by atoms with van der Waals surface area (Å²) in [5, 5.41) is 2.70. The molecular weight excluding hydrogens is 386 g/mol. The van der Waals surface area contributed by atoms with Gasteiger partial charge in [0, 0.05) is 6.20 Å². The zero-order valence-corrected chi connectivity index (χ0v) is 17.4. The van der Waals surface area contributed by atoms with Crippen LogP contribution in [0.5, 0.6) is 0 Å². The lowest BCUT2D eigenvalue weighted by molar-refractivity contribution is -0.114. The normalized spacial score (nSPS) is 11.1. The number of hydrogen-bond donors (Lipinski definition) is 1. The molecule has 1 N–H and O–H groups in total. The number of amides is 1. The number of nitrogens with one attached hydrogen (secondary N) is 1. The third kappa shape index (κ3) is 4.81. The quantitative estimate of drug-likeness (QED) is 0.671. The Hall–Kier alpha value is -3.19. The molecule has 0 saturated heterocycles. The van der Waals surface area contributed by atoms with Gasteiger partial charge in [-0.15, -0.1) is 0 Å². The fourth-order valence-corrected chi connectivity index (χ4v) is 4.37. The molecule has 0 saturated carbocycles. The van der Waals surface area contributed by atoms with Crippen LogP contribution in [-0.2, 0) is 14.8 Å². The zero-order chi connectivity index (χ0) is 21.0. The predicted molar refractivity (Wildman–Crippen MR) is 114 cm³/mol. The minimum Gasteiger partial charge on any atom is -0.323 e. The van der Waals surface area contributed by atoms with Gasteiger partial charge in [0.05, 0.1) is 22.5 Å². The molecule has 2 aromatic carbocycles. The maximum absolute atomic E-state index is 13.4. The Morgan fingerprint density at radius 2 is 1.69 bits per heavy atom. The van der Waals surface area contributed by atoms with Crippen LogP contribution < -0.4 is 9.62 Å². The first-order valence-electron chi connectivity index (χ1n) is 9.14. The molecule has 0 aliphatic carbocycles. The lowest BCUT2D eigenvalue weighted by Crippen LogP contribution is -2.38. The Labute approximate surface area is 171 Å². The first-order chi connectivity index (χ1) is 13.8. The van der Waals surface area contributed by atoms with Crippen LogP contribution in [0.15, 0.2) is 71.9 Å². The van der Waals surface area contributed by atoms with Gasteiger partial charge in [0.1, 0.15) is 6.54 Å². The van der Waals surface area contributed by atoms with Crippen molar-refractivity contribution in [2.45, 2.75) is 25.7 Å². The zero-order valence-electron chi connectivity index (χ0n) is 16.6. The molecule has 3 aromatic rings. The highest BCUT2D eigenvalue weighted by molar-refractivity contribution is 7.92. The van der Waals surface area contributed by atoms with Gasteiger partial charge in [-0.25, -0.2) is 8.42 Å². The fraction of sp³-hybridized carbons (Fsp3) is 0.182. The average molecular weight is 410 g/mol. The molecule has 0 bridgehead atoms. The summed E-state index contributed by atoms with van der Waals surface area (Å²) in [5.74, 6) is -0.449. The molecule has 0 aliphatic heterocycles. The van der Waals surface area contributed by atoms with Gasteiger partial charge in [-0.1, -0.05) is 29.8 Å². The van der Waals surface area contributed by atoms with Crippen molar-refractivity contribution < 1.29 is 13.2 Å². The van der Waals surface area contributed by atoms with Gasteiger partial charge in [-0.3, -0.25) is 14.1 Å². The van der Waals surface area contributed by atoms with Crippen LogP contribution in [0, 0.1) is 20.8 Å². The Morgan fingerprint density at radius 3 is 2.34 bits per heavy atom. The number of benzene rings is 2. The van der Waals surface area contributed by atoms with Crippen molar-refractivity contribution in [2.75, 3.05) is 16.2 Å². The molecule has 29 heavy (non-hydrogen) atoms. The molecule has 1 heterocycles. The molecule has 6 nitrogen and oxygen atoms in total. The van der Waals surface area contributed by atoms with E-state index in [1.165, 1.54) is 6.20 Å². The first kappa shape index (κ1) is 20.5. The van der Waals surface area contributed by atoms with E-state index >= 15 is 0 Å². The summed E-state index contributed by atoms with van der Waals surface area (Å²) in [6, 6.07) is 15.5. The first-order valence-corrected chi connectivity index (χ1v) is 10.6. The van der Waals surface area contributed by atoms with Gasteiger partial charge in [0.25, 0.3) is 10.0 Å². The fourth-order valence-electron chi connectivity index (χ4n) is 2.89. The molecule has 1 aromatic heterocycles. The van der Waals surface area contributed by atoms with Gasteiger partial charge >= 0.3 is 0 Å². The van der Waals surface area contributed by atoms with Crippen molar-refractivity contribution in [1.82, 2.24) is 4.98 Å². The maximum Gasteiger partial charge on any atom is 0.264 e. The van der Waals surface area contributed by atoms with Crippen LogP contribution in [0.25, 0.3) is 0 Å². The van der Waals surface area contributed by atoms with E-state index in [2.05, 4.69) is 10.3 Å². The number of carbonyl (C=O) groups is 1. The SMILES string of the molecule is Cc1ccc(S(=O)(=O)N(CC(=O)Nc2cccnc2)c2cc(C)ccc2C)cc1. The molecular formula is C22H23N3O3S. The molecule has 0 radical (unpaired) electrons.